The van der Waals surface area contributed by atoms with Gasteiger partial charge in [-0.25, -0.2) is 8.42 Å². The number of sulfonamides is 1. The van der Waals surface area contributed by atoms with Crippen LogP contribution >= 0.6 is 34.7 Å². The van der Waals surface area contributed by atoms with Crippen LogP contribution in [0.15, 0.2) is 41.3 Å². The van der Waals surface area contributed by atoms with Crippen LogP contribution in [0.1, 0.15) is 6.92 Å². The van der Waals surface area contributed by atoms with Crippen LogP contribution in [0.25, 0.3) is 0 Å². The Bertz CT molecular complexity index is 901. The van der Waals surface area contributed by atoms with Crippen LogP contribution < -0.4 is 9.62 Å². The van der Waals surface area contributed by atoms with Gasteiger partial charge in [-0.2, -0.15) is 0 Å². The molecule has 26 heavy (non-hydrogen) atoms. The van der Waals surface area contributed by atoms with Gasteiger partial charge in [0.2, 0.25) is 21.1 Å². The first-order valence-corrected chi connectivity index (χ1v) is 11.4. The number of rotatable bonds is 8. The highest BCUT2D eigenvalue weighted by atomic mass is 35.5. The average molecular weight is 433 g/mol. The van der Waals surface area contributed by atoms with E-state index in [0.717, 1.165) is 10.6 Å². The van der Waals surface area contributed by atoms with Crippen molar-refractivity contribution in [2.24, 2.45) is 0 Å². The molecule has 0 aliphatic carbocycles. The Morgan fingerprint density at radius 1 is 1.50 bits per heavy atom. The molecule has 0 bridgehead atoms. The quantitative estimate of drug-likeness (QED) is 0.391. The van der Waals surface area contributed by atoms with Crippen molar-refractivity contribution in [3.8, 4) is 0 Å². The molecule has 0 saturated heterocycles. The maximum Gasteiger partial charge on any atom is 0.249 e. The number of carbonyl (C=O) groups is 1. The van der Waals surface area contributed by atoms with E-state index in [1.165, 1.54) is 36.1 Å². The lowest BCUT2D eigenvalue weighted by atomic mass is 10.2. The number of nitrogens with zero attached hydrogens (tertiary/aromatic N) is 3. The molecule has 1 atom stereocenters. The molecule has 140 valence electrons. The summed E-state index contributed by atoms with van der Waals surface area (Å²) in [4.78, 5) is 12.5. The molecule has 0 aliphatic rings. The van der Waals surface area contributed by atoms with Gasteiger partial charge in [-0.3, -0.25) is 14.4 Å². The fourth-order valence-corrected chi connectivity index (χ4v) is 4.95. The molecule has 1 heterocycles. The Hall–Kier alpha value is -1.62. The van der Waals surface area contributed by atoms with Crippen LogP contribution in [0, 0.1) is 0 Å². The van der Waals surface area contributed by atoms with Gasteiger partial charge in [0.15, 0.2) is 4.34 Å². The number of aromatic nitrogens is 2. The normalized spacial score (nSPS) is 12.4. The minimum Gasteiger partial charge on any atom is -0.299 e. The van der Waals surface area contributed by atoms with Crippen molar-refractivity contribution in [3.05, 3.63) is 41.9 Å². The molecule has 0 saturated carbocycles. The number of thioether (sulfide) groups is 1. The monoisotopic (exact) mass is 432 g/mol. The molecule has 2 aromatic rings. The van der Waals surface area contributed by atoms with Crippen LogP contribution in [-0.4, -0.2) is 42.6 Å². The Balaban J connectivity index is 2.20. The molecule has 2 rings (SSSR count). The van der Waals surface area contributed by atoms with Gasteiger partial charge in [0.1, 0.15) is 6.04 Å². The molecule has 0 unspecified atom stereocenters. The van der Waals surface area contributed by atoms with Crippen LogP contribution in [-0.2, 0) is 14.8 Å². The molecule has 0 spiro atoms. The maximum absolute atomic E-state index is 12.5. The zero-order valence-corrected chi connectivity index (χ0v) is 17.3. The largest absolute Gasteiger partial charge is 0.299 e. The van der Waals surface area contributed by atoms with Crippen molar-refractivity contribution in [2.75, 3.05) is 21.6 Å². The van der Waals surface area contributed by atoms with E-state index in [4.69, 9.17) is 11.6 Å². The second-order valence-electron chi connectivity index (χ2n) is 5.18. The minimum atomic E-state index is -3.71. The van der Waals surface area contributed by atoms with Gasteiger partial charge in [-0.05, 0) is 25.1 Å². The standard InChI is InChI=1S/C15H17ClN4O3S3/c1-4-8-24-15-19-18-14(25-15)17-13(21)10(2)20(26(3,22)23)12-7-5-6-11(16)9-12/h4-7,9-10H,1,8H2,2-3H3,(H,17,18,21)/t10-/m0/s1. The van der Waals surface area contributed by atoms with Gasteiger partial charge in [0.05, 0.1) is 11.9 Å². The molecular formula is C15H17ClN4O3S3. The van der Waals surface area contributed by atoms with E-state index in [2.05, 4.69) is 22.1 Å². The van der Waals surface area contributed by atoms with Gasteiger partial charge in [0.25, 0.3) is 0 Å². The molecule has 11 heteroatoms. The number of halogens is 1. The summed E-state index contributed by atoms with van der Waals surface area (Å²) in [6.45, 7) is 5.12. The topological polar surface area (TPSA) is 92.3 Å². The van der Waals surface area contributed by atoms with Gasteiger partial charge < -0.3 is 0 Å². The smallest absolute Gasteiger partial charge is 0.249 e. The van der Waals surface area contributed by atoms with Crippen molar-refractivity contribution in [1.29, 1.82) is 0 Å². The van der Waals surface area contributed by atoms with E-state index in [9.17, 15) is 13.2 Å². The van der Waals surface area contributed by atoms with Crippen molar-refractivity contribution in [3.63, 3.8) is 0 Å². The zero-order chi connectivity index (χ0) is 19.3. The molecule has 1 N–H and O–H groups in total. The van der Waals surface area contributed by atoms with Crippen LogP contribution in [0.3, 0.4) is 0 Å². The average Bonchev–Trinajstić information content (AvgIpc) is 2.99. The summed E-state index contributed by atoms with van der Waals surface area (Å²) in [5, 5.41) is 11.1. The second-order valence-corrected chi connectivity index (χ2v) is 9.72. The minimum absolute atomic E-state index is 0.299. The van der Waals surface area contributed by atoms with E-state index in [-0.39, 0.29) is 0 Å². The Labute approximate surface area is 165 Å². The van der Waals surface area contributed by atoms with Crippen molar-refractivity contribution >= 4 is 61.4 Å². The number of hydrogen-bond donors (Lipinski definition) is 1. The van der Waals surface area contributed by atoms with E-state index in [0.29, 0.717) is 25.9 Å². The summed E-state index contributed by atoms with van der Waals surface area (Å²) >= 11 is 8.60. The Morgan fingerprint density at radius 2 is 2.23 bits per heavy atom. The van der Waals surface area contributed by atoms with E-state index >= 15 is 0 Å². The van der Waals surface area contributed by atoms with Crippen LogP contribution in [0.5, 0.6) is 0 Å². The third-order valence-electron chi connectivity index (χ3n) is 3.11. The molecular weight excluding hydrogens is 416 g/mol. The first kappa shape index (κ1) is 20.7. The van der Waals surface area contributed by atoms with E-state index < -0.39 is 22.0 Å². The first-order valence-electron chi connectivity index (χ1n) is 7.35. The molecule has 0 aliphatic heterocycles. The van der Waals surface area contributed by atoms with Crippen molar-refractivity contribution in [2.45, 2.75) is 17.3 Å². The predicted molar refractivity (Wildman–Crippen MR) is 108 cm³/mol. The molecule has 1 aromatic heterocycles. The first-order chi connectivity index (χ1) is 12.2. The molecule has 0 radical (unpaired) electrons. The Kier molecular flexibility index (Phi) is 7.04. The predicted octanol–water partition coefficient (Wildman–Crippen LogP) is 3.26. The molecule has 1 aromatic carbocycles. The van der Waals surface area contributed by atoms with Crippen molar-refractivity contribution < 1.29 is 13.2 Å². The van der Waals surface area contributed by atoms with Crippen LogP contribution in [0.4, 0.5) is 10.8 Å². The summed E-state index contributed by atoms with van der Waals surface area (Å²) in [6.07, 6.45) is 2.77. The van der Waals surface area contributed by atoms with E-state index in [1.807, 2.05) is 0 Å². The van der Waals surface area contributed by atoms with Crippen molar-refractivity contribution in [1.82, 2.24) is 10.2 Å². The lowest BCUT2D eigenvalue weighted by Gasteiger charge is -2.27. The van der Waals surface area contributed by atoms with Gasteiger partial charge >= 0.3 is 0 Å². The lowest BCUT2D eigenvalue weighted by Crippen LogP contribution is -2.45. The van der Waals surface area contributed by atoms with Gasteiger partial charge in [-0.15, -0.1) is 16.8 Å². The number of hydrogen-bond acceptors (Lipinski definition) is 7. The van der Waals surface area contributed by atoms with Gasteiger partial charge in [-0.1, -0.05) is 46.8 Å². The number of anilines is 2. The molecule has 0 fully saturated rings. The molecule has 1 amide bonds. The summed E-state index contributed by atoms with van der Waals surface area (Å²) in [7, 11) is -3.71. The summed E-state index contributed by atoms with van der Waals surface area (Å²) in [6, 6.07) is 5.30. The highest BCUT2D eigenvalue weighted by Crippen LogP contribution is 2.27. The number of carbonyl (C=O) groups excluding carboxylic acids is 1. The highest BCUT2D eigenvalue weighted by molar-refractivity contribution is 8.01. The fourth-order valence-electron chi connectivity index (χ4n) is 2.08. The zero-order valence-electron chi connectivity index (χ0n) is 14.0. The van der Waals surface area contributed by atoms with Crippen LogP contribution in [0.2, 0.25) is 5.02 Å². The summed E-state index contributed by atoms with van der Waals surface area (Å²) in [5.41, 5.74) is 0.308. The second kappa shape index (κ2) is 8.85. The third-order valence-corrected chi connectivity index (χ3v) is 6.56. The highest BCUT2D eigenvalue weighted by Gasteiger charge is 2.29. The van der Waals surface area contributed by atoms with E-state index in [1.54, 1.807) is 24.3 Å². The summed E-state index contributed by atoms with van der Waals surface area (Å²) < 4.78 is 26.2. The third kappa shape index (κ3) is 5.44. The maximum atomic E-state index is 12.5. The summed E-state index contributed by atoms with van der Waals surface area (Å²) in [5.74, 6) is 0.155. The SMILES string of the molecule is C=CCSc1nnc(NC(=O)[C@H](C)N(c2cccc(Cl)c2)S(C)(=O)=O)s1. The number of nitrogens with one attached hydrogen (secondary N) is 1. The number of benzene rings is 1. The Morgan fingerprint density at radius 3 is 2.85 bits per heavy atom. The molecule has 7 nitrogen and oxygen atoms in total. The fraction of sp³-hybridized carbons (Fsp3) is 0.267. The number of amides is 1. The van der Waals surface area contributed by atoms with Gasteiger partial charge in [0, 0.05) is 10.8 Å². The lowest BCUT2D eigenvalue weighted by molar-refractivity contribution is -0.116.